The van der Waals surface area contributed by atoms with Crippen molar-refractivity contribution in [3.8, 4) is 0 Å². The number of hydrogen-bond acceptors (Lipinski definition) is 7. The first-order valence-corrected chi connectivity index (χ1v) is 14.5. The number of carboxylic acids is 2. The Morgan fingerprint density at radius 1 is 0.975 bits per heavy atom. The average molecular weight is 578 g/mol. The zero-order valence-corrected chi connectivity index (χ0v) is 23.8. The largest absolute Gasteiger partial charge is 0.481 e. The van der Waals surface area contributed by atoms with Crippen LogP contribution < -0.4 is 21.7 Å². The van der Waals surface area contributed by atoms with Gasteiger partial charge in [0.25, 0.3) is 0 Å². The fourth-order valence-electron chi connectivity index (χ4n) is 4.16. The van der Waals surface area contributed by atoms with E-state index in [1.807, 2.05) is 37.4 Å². The van der Waals surface area contributed by atoms with Crippen LogP contribution in [-0.4, -0.2) is 81.0 Å². The Kier molecular flexibility index (Phi) is 12.9. The normalized spacial score (nSPS) is 14.9. The van der Waals surface area contributed by atoms with E-state index in [-0.39, 0.29) is 25.2 Å². The van der Waals surface area contributed by atoms with E-state index in [0.717, 1.165) is 16.5 Å². The van der Waals surface area contributed by atoms with Crippen molar-refractivity contribution in [1.29, 1.82) is 0 Å². The van der Waals surface area contributed by atoms with Gasteiger partial charge in [0.15, 0.2) is 0 Å². The highest BCUT2D eigenvalue weighted by Gasteiger charge is 2.32. The Morgan fingerprint density at radius 3 is 2.27 bits per heavy atom. The summed E-state index contributed by atoms with van der Waals surface area (Å²) in [5.41, 5.74) is 8.00. The quantitative estimate of drug-likeness (QED) is 0.144. The molecule has 0 saturated carbocycles. The third-order valence-corrected chi connectivity index (χ3v) is 7.39. The molecular weight excluding hydrogens is 538 g/mol. The molecule has 12 nitrogen and oxygen atoms in total. The van der Waals surface area contributed by atoms with Crippen molar-refractivity contribution in [1.82, 2.24) is 20.9 Å². The number of amides is 3. The number of carbonyl (C=O) groups is 5. The van der Waals surface area contributed by atoms with Crippen molar-refractivity contribution in [3.63, 3.8) is 0 Å². The number of aliphatic carboxylic acids is 2. The molecule has 1 aromatic carbocycles. The van der Waals surface area contributed by atoms with Gasteiger partial charge in [-0.1, -0.05) is 38.5 Å². The third kappa shape index (κ3) is 9.56. The van der Waals surface area contributed by atoms with Crippen LogP contribution >= 0.6 is 11.8 Å². The molecule has 0 fully saturated rings. The van der Waals surface area contributed by atoms with E-state index in [2.05, 4.69) is 20.9 Å². The SMILES string of the molecule is CCC(C)C(NC(=O)C(N)Cc1c[nH]c2ccccc12)C(=O)NC(CCSC)C(=O)NC(CCC(=O)O)C(=O)O. The second kappa shape index (κ2) is 15.9. The first kappa shape index (κ1) is 32.6. The number of aromatic amines is 1. The van der Waals surface area contributed by atoms with E-state index in [4.69, 9.17) is 10.8 Å². The van der Waals surface area contributed by atoms with Gasteiger partial charge in [0.05, 0.1) is 6.04 Å². The van der Waals surface area contributed by atoms with Gasteiger partial charge in [-0.2, -0.15) is 11.8 Å². The Labute approximate surface area is 237 Å². The van der Waals surface area contributed by atoms with Crippen LogP contribution in [0.25, 0.3) is 10.9 Å². The summed E-state index contributed by atoms with van der Waals surface area (Å²) in [6.07, 6.45) is 3.86. The van der Waals surface area contributed by atoms with E-state index in [0.29, 0.717) is 12.2 Å². The molecule has 13 heteroatoms. The number of aromatic nitrogens is 1. The second-order valence-corrected chi connectivity index (χ2v) is 10.7. The van der Waals surface area contributed by atoms with Crippen LogP contribution in [0.4, 0.5) is 0 Å². The highest BCUT2D eigenvalue weighted by atomic mass is 32.2. The molecule has 0 aliphatic carbocycles. The van der Waals surface area contributed by atoms with Crippen LogP contribution in [0.5, 0.6) is 0 Å². The first-order valence-electron chi connectivity index (χ1n) is 13.1. The number of para-hydroxylation sites is 1. The van der Waals surface area contributed by atoms with Crippen LogP contribution in [0.1, 0.15) is 45.1 Å². The number of H-pyrrole nitrogens is 1. The summed E-state index contributed by atoms with van der Waals surface area (Å²) in [7, 11) is 0. The van der Waals surface area contributed by atoms with Gasteiger partial charge in [0, 0.05) is 23.5 Å². The second-order valence-electron chi connectivity index (χ2n) is 9.72. The third-order valence-electron chi connectivity index (χ3n) is 6.75. The van der Waals surface area contributed by atoms with E-state index in [9.17, 15) is 29.1 Å². The number of nitrogens with two attached hydrogens (primary N) is 1. The van der Waals surface area contributed by atoms with Gasteiger partial charge in [-0.25, -0.2) is 4.79 Å². The smallest absolute Gasteiger partial charge is 0.326 e. The highest BCUT2D eigenvalue weighted by Crippen LogP contribution is 2.19. The molecule has 220 valence electrons. The summed E-state index contributed by atoms with van der Waals surface area (Å²) in [5, 5.41) is 27.0. The molecule has 2 aromatic rings. The number of thioether (sulfide) groups is 1. The van der Waals surface area contributed by atoms with Gasteiger partial charge in [-0.05, 0) is 48.8 Å². The lowest BCUT2D eigenvalue weighted by Crippen LogP contribution is -2.58. The van der Waals surface area contributed by atoms with Crippen molar-refractivity contribution in [2.24, 2.45) is 11.7 Å². The van der Waals surface area contributed by atoms with E-state index >= 15 is 0 Å². The Hall–Kier alpha value is -3.58. The predicted molar refractivity (Wildman–Crippen MR) is 153 cm³/mol. The molecule has 5 atom stereocenters. The van der Waals surface area contributed by atoms with Gasteiger partial charge in [-0.15, -0.1) is 0 Å². The molecule has 3 amide bonds. The van der Waals surface area contributed by atoms with Gasteiger partial charge < -0.3 is 36.9 Å². The van der Waals surface area contributed by atoms with Gasteiger partial charge in [-0.3, -0.25) is 19.2 Å². The monoisotopic (exact) mass is 577 g/mol. The van der Waals surface area contributed by atoms with E-state index in [1.165, 1.54) is 11.8 Å². The number of carbonyl (C=O) groups excluding carboxylic acids is 3. The Bertz CT molecular complexity index is 1190. The lowest BCUT2D eigenvalue weighted by Gasteiger charge is -2.28. The first-order chi connectivity index (χ1) is 19.0. The van der Waals surface area contributed by atoms with E-state index < -0.39 is 60.2 Å². The minimum absolute atomic E-state index is 0.200. The minimum Gasteiger partial charge on any atom is -0.481 e. The number of carboxylic acid groups (broad SMARTS) is 2. The van der Waals surface area contributed by atoms with Gasteiger partial charge in [0.1, 0.15) is 18.1 Å². The highest BCUT2D eigenvalue weighted by molar-refractivity contribution is 7.98. The van der Waals surface area contributed by atoms with Crippen LogP contribution in [0.2, 0.25) is 0 Å². The molecular formula is C27H39N5O7S. The zero-order chi connectivity index (χ0) is 29.8. The summed E-state index contributed by atoms with van der Waals surface area (Å²) in [5.74, 6) is -4.24. The molecule has 8 N–H and O–H groups in total. The fourth-order valence-corrected chi connectivity index (χ4v) is 4.63. The van der Waals surface area contributed by atoms with Crippen molar-refractivity contribution >= 4 is 52.3 Å². The molecule has 0 saturated heterocycles. The molecule has 1 aromatic heterocycles. The Morgan fingerprint density at radius 2 is 1.65 bits per heavy atom. The van der Waals surface area contributed by atoms with Gasteiger partial charge >= 0.3 is 11.9 Å². The van der Waals surface area contributed by atoms with Crippen molar-refractivity contribution in [2.75, 3.05) is 12.0 Å². The van der Waals surface area contributed by atoms with E-state index in [1.54, 1.807) is 13.1 Å². The molecule has 0 radical (unpaired) electrons. The number of nitrogens with one attached hydrogen (secondary N) is 4. The van der Waals surface area contributed by atoms with Gasteiger partial charge in [0.2, 0.25) is 17.7 Å². The Balaban J connectivity index is 2.13. The molecule has 0 aliphatic rings. The molecule has 0 spiro atoms. The topological polar surface area (TPSA) is 204 Å². The molecule has 40 heavy (non-hydrogen) atoms. The molecule has 2 rings (SSSR count). The number of rotatable bonds is 17. The maximum absolute atomic E-state index is 13.4. The molecule has 0 aliphatic heterocycles. The summed E-state index contributed by atoms with van der Waals surface area (Å²) in [4.78, 5) is 64.9. The van der Waals surface area contributed by atoms with Crippen molar-refractivity contribution in [2.45, 2.75) is 70.1 Å². The van der Waals surface area contributed by atoms with Crippen LogP contribution in [-0.2, 0) is 30.4 Å². The maximum atomic E-state index is 13.4. The summed E-state index contributed by atoms with van der Waals surface area (Å²) < 4.78 is 0. The molecule has 0 bridgehead atoms. The molecule has 1 heterocycles. The number of fused-ring (bicyclic) bond motifs is 1. The minimum atomic E-state index is -1.43. The van der Waals surface area contributed by atoms with Crippen LogP contribution in [0.3, 0.4) is 0 Å². The summed E-state index contributed by atoms with van der Waals surface area (Å²) in [6, 6.07) is 3.20. The lowest BCUT2D eigenvalue weighted by molar-refractivity contribution is -0.143. The van der Waals surface area contributed by atoms with Crippen molar-refractivity contribution in [3.05, 3.63) is 36.0 Å². The number of benzene rings is 1. The average Bonchev–Trinajstić information content (AvgIpc) is 3.33. The van der Waals surface area contributed by atoms with Crippen molar-refractivity contribution < 1.29 is 34.2 Å². The zero-order valence-electron chi connectivity index (χ0n) is 22.9. The fraction of sp³-hybridized carbons (Fsp3) is 0.519. The summed E-state index contributed by atoms with van der Waals surface area (Å²) in [6.45, 7) is 3.65. The van der Waals surface area contributed by atoms with Crippen LogP contribution in [0, 0.1) is 5.92 Å². The lowest BCUT2D eigenvalue weighted by atomic mass is 9.96. The predicted octanol–water partition coefficient (Wildman–Crippen LogP) is 1.24. The standard InChI is InChI=1S/C27H39N5O7S/c1-4-15(2)23(32-24(35)18(28)13-16-14-29-19-8-6-5-7-17(16)19)26(37)30-20(11-12-40-3)25(36)31-21(27(38)39)9-10-22(33)34/h5-8,14-15,18,20-21,23,29H,4,9-13,28H2,1-3H3,(H,30,37)(H,31,36)(H,32,35)(H,33,34)(H,38,39). The maximum Gasteiger partial charge on any atom is 0.326 e. The molecule has 5 unspecified atom stereocenters. The number of hydrogen-bond donors (Lipinski definition) is 7. The summed E-state index contributed by atoms with van der Waals surface area (Å²) >= 11 is 1.44. The van der Waals surface area contributed by atoms with Crippen LogP contribution in [0.15, 0.2) is 30.5 Å².